The molecule has 0 unspecified atom stereocenters. The second kappa shape index (κ2) is 8.12. The van der Waals surface area contributed by atoms with Crippen LogP contribution in [0.2, 0.25) is 0 Å². The number of alkyl halides is 3. The first-order valence-electron chi connectivity index (χ1n) is 8.89. The van der Waals surface area contributed by atoms with Gasteiger partial charge < -0.3 is 10.1 Å². The van der Waals surface area contributed by atoms with Crippen LogP contribution >= 0.6 is 0 Å². The van der Waals surface area contributed by atoms with Crippen molar-refractivity contribution in [2.45, 2.75) is 25.9 Å². The van der Waals surface area contributed by atoms with Gasteiger partial charge in [0.2, 0.25) is 11.8 Å². The molecule has 6 nitrogen and oxygen atoms in total. The van der Waals surface area contributed by atoms with Crippen LogP contribution < -0.4 is 15.0 Å². The van der Waals surface area contributed by atoms with E-state index in [4.69, 9.17) is 0 Å². The van der Waals surface area contributed by atoms with Gasteiger partial charge in [0.25, 0.3) is 0 Å². The van der Waals surface area contributed by atoms with Crippen molar-refractivity contribution in [1.82, 2.24) is 4.90 Å². The second-order valence-corrected chi connectivity index (χ2v) is 6.77. The zero-order chi connectivity index (χ0) is 21.2. The summed E-state index contributed by atoms with van der Waals surface area (Å²) < 4.78 is 40.6. The van der Waals surface area contributed by atoms with Crippen LogP contribution in [0, 0.1) is 0 Å². The van der Waals surface area contributed by atoms with E-state index in [0.717, 1.165) is 5.56 Å². The van der Waals surface area contributed by atoms with E-state index < -0.39 is 12.4 Å². The Hall–Kier alpha value is -3.07. The summed E-state index contributed by atoms with van der Waals surface area (Å²) in [6.07, 6.45) is -4.74. The zero-order valence-electron chi connectivity index (χ0n) is 15.9. The fraction of sp³-hybridized carbons (Fsp3) is 0.300. The van der Waals surface area contributed by atoms with Crippen LogP contribution in [0.25, 0.3) is 0 Å². The van der Waals surface area contributed by atoms with Crippen LogP contribution in [-0.4, -0.2) is 42.7 Å². The highest BCUT2D eigenvalue weighted by Crippen LogP contribution is 2.30. The molecule has 0 saturated carbocycles. The highest BCUT2D eigenvalue weighted by Gasteiger charge is 2.32. The Labute approximate surface area is 165 Å². The van der Waals surface area contributed by atoms with Gasteiger partial charge in [-0.05, 0) is 43.8 Å². The molecule has 29 heavy (non-hydrogen) atoms. The molecule has 0 aliphatic carbocycles. The number of nitrogens with one attached hydrogen (secondary N) is 1. The SMILES string of the molecule is C[C@@H](C(=O)N1CC(=O)Nc2ccccc21)N(C)Cc1ccc(OC(F)(F)F)cc1. The third kappa shape index (κ3) is 5.05. The van der Waals surface area contributed by atoms with E-state index in [1.165, 1.54) is 29.2 Å². The molecule has 0 radical (unpaired) electrons. The predicted molar refractivity (Wildman–Crippen MR) is 101 cm³/mol. The lowest BCUT2D eigenvalue weighted by Crippen LogP contribution is -2.50. The molecule has 0 spiro atoms. The molecule has 1 aliphatic rings. The van der Waals surface area contributed by atoms with Crippen molar-refractivity contribution in [2.24, 2.45) is 0 Å². The molecular formula is C20H20F3N3O3. The van der Waals surface area contributed by atoms with Crippen LogP contribution in [0.4, 0.5) is 24.5 Å². The zero-order valence-corrected chi connectivity index (χ0v) is 15.9. The maximum Gasteiger partial charge on any atom is 0.573 e. The number of likely N-dealkylation sites (N-methyl/N-ethyl adjacent to an activating group) is 1. The maximum atomic E-state index is 13.0. The van der Waals surface area contributed by atoms with E-state index in [0.29, 0.717) is 17.9 Å². The van der Waals surface area contributed by atoms with E-state index in [-0.39, 0.29) is 24.1 Å². The predicted octanol–water partition coefficient (Wildman–Crippen LogP) is 3.39. The molecule has 1 aliphatic heterocycles. The number of ether oxygens (including phenoxy) is 1. The Morgan fingerprint density at radius 3 is 2.52 bits per heavy atom. The number of anilines is 2. The molecule has 0 aromatic heterocycles. The normalized spacial score (nSPS) is 15.0. The summed E-state index contributed by atoms with van der Waals surface area (Å²) in [5, 5.41) is 2.74. The Bertz CT molecular complexity index is 900. The van der Waals surface area contributed by atoms with E-state index in [2.05, 4.69) is 10.1 Å². The average molecular weight is 407 g/mol. The number of para-hydroxylation sites is 2. The van der Waals surface area contributed by atoms with Crippen LogP contribution in [0.5, 0.6) is 5.75 Å². The molecule has 154 valence electrons. The summed E-state index contributed by atoms with van der Waals surface area (Å²) in [4.78, 5) is 28.2. The lowest BCUT2D eigenvalue weighted by Gasteiger charge is -2.33. The third-order valence-electron chi connectivity index (χ3n) is 4.64. The number of amides is 2. The fourth-order valence-corrected chi connectivity index (χ4v) is 3.07. The van der Waals surface area contributed by atoms with Crippen molar-refractivity contribution in [3.05, 3.63) is 54.1 Å². The number of carbonyl (C=O) groups excluding carboxylic acids is 2. The van der Waals surface area contributed by atoms with Crippen LogP contribution in [0.15, 0.2) is 48.5 Å². The lowest BCUT2D eigenvalue weighted by molar-refractivity contribution is -0.274. The van der Waals surface area contributed by atoms with Crippen molar-refractivity contribution in [2.75, 3.05) is 23.8 Å². The largest absolute Gasteiger partial charge is 0.573 e. The van der Waals surface area contributed by atoms with Crippen molar-refractivity contribution < 1.29 is 27.5 Å². The Kier molecular flexibility index (Phi) is 5.78. The van der Waals surface area contributed by atoms with Gasteiger partial charge >= 0.3 is 6.36 Å². The fourth-order valence-electron chi connectivity index (χ4n) is 3.07. The van der Waals surface area contributed by atoms with Crippen LogP contribution in [0.3, 0.4) is 0 Å². The first-order valence-corrected chi connectivity index (χ1v) is 8.89. The minimum Gasteiger partial charge on any atom is -0.406 e. The Morgan fingerprint density at radius 1 is 1.21 bits per heavy atom. The summed E-state index contributed by atoms with van der Waals surface area (Å²) in [7, 11) is 1.73. The molecule has 0 fully saturated rings. The number of nitrogens with zero attached hydrogens (tertiary/aromatic N) is 2. The number of hydrogen-bond donors (Lipinski definition) is 1. The Balaban J connectivity index is 1.68. The number of fused-ring (bicyclic) bond motifs is 1. The van der Waals surface area contributed by atoms with Gasteiger partial charge in [-0.15, -0.1) is 13.2 Å². The van der Waals surface area contributed by atoms with Gasteiger partial charge in [-0.25, -0.2) is 0 Å². The summed E-state index contributed by atoms with van der Waals surface area (Å²) in [6.45, 7) is 1.98. The van der Waals surface area contributed by atoms with E-state index in [1.807, 2.05) is 0 Å². The van der Waals surface area contributed by atoms with Gasteiger partial charge in [0, 0.05) is 6.54 Å². The number of carbonyl (C=O) groups is 2. The number of benzene rings is 2. The highest BCUT2D eigenvalue weighted by molar-refractivity contribution is 6.11. The smallest absolute Gasteiger partial charge is 0.406 e. The maximum absolute atomic E-state index is 13.0. The molecule has 2 aromatic rings. The van der Waals surface area contributed by atoms with Crippen molar-refractivity contribution in [1.29, 1.82) is 0 Å². The van der Waals surface area contributed by atoms with Gasteiger partial charge in [0.15, 0.2) is 0 Å². The van der Waals surface area contributed by atoms with Gasteiger partial charge in [-0.1, -0.05) is 24.3 Å². The summed E-state index contributed by atoms with van der Waals surface area (Å²) in [5.74, 6) is -0.817. The van der Waals surface area contributed by atoms with Gasteiger partial charge in [-0.2, -0.15) is 0 Å². The lowest BCUT2D eigenvalue weighted by atomic mass is 10.1. The van der Waals surface area contributed by atoms with Gasteiger partial charge in [-0.3, -0.25) is 19.4 Å². The molecule has 2 amide bonds. The number of hydrogen-bond acceptors (Lipinski definition) is 4. The van der Waals surface area contributed by atoms with E-state index >= 15 is 0 Å². The van der Waals surface area contributed by atoms with Gasteiger partial charge in [0.05, 0.1) is 17.4 Å². The molecule has 0 saturated heterocycles. The monoisotopic (exact) mass is 407 g/mol. The summed E-state index contributed by atoms with van der Waals surface area (Å²) >= 11 is 0. The van der Waals surface area contributed by atoms with Crippen LogP contribution in [0.1, 0.15) is 12.5 Å². The molecule has 1 atom stereocenters. The minimum absolute atomic E-state index is 0.0719. The van der Waals surface area contributed by atoms with Crippen molar-refractivity contribution >= 4 is 23.2 Å². The molecular weight excluding hydrogens is 387 g/mol. The number of halogens is 3. The van der Waals surface area contributed by atoms with Crippen LogP contribution in [-0.2, 0) is 16.1 Å². The van der Waals surface area contributed by atoms with Crippen molar-refractivity contribution in [3.8, 4) is 5.75 Å². The molecule has 3 rings (SSSR count). The topological polar surface area (TPSA) is 61.9 Å². The van der Waals surface area contributed by atoms with Gasteiger partial charge in [0.1, 0.15) is 12.3 Å². The Morgan fingerprint density at radius 2 is 1.86 bits per heavy atom. The highest BCUT2D eigenvalue weighted by atomic mass is 19.4. The standard InChI is InChI=1S/C20H20F3N3O3/c1-13(19(28)26-12-18(27)24-16-5-3-4-6-17(16)26)25(2)11-14-7-9-15(10-8-14)29-20(21,22)23/h3-10,13H,11-12H2,1-2H3,(H,24,27)/t13-/m0/s1. The first-order chi connectivity index (χ1) is 13.6. The molecule has 9 heteroatoms. The summed E-state index contributed by atoms with van der Waals surface area (Å²) in [5.41, 5.74) is 1.93. The van der Waals surface area contributed by atoms with E-state index in [9.17, 15) is 22.8 Å². The third-order valence-corrected chi connectivity index (χ3v) is 4.64. The minimum atomic E-state index is -4.74. The summed E-state index contributed by atoms with van der Waals surface area (Å²) in [6, 6.07) is 12.0. The second-order valence-electron chi connectivity index (χ2n) is 6.77. The van der Waals surface area contributed by atoms with Crippen molar-refractivity contribution in [3.63, 3.8) is 0 Å². The number of rotatable bonds is 5. The van der Waals surface area contributed by atoms with E-state index in [1.54, 1.807) is 43.1 Å². The molecule has 2 aromatic carbocycles. The first kappa shape index (κ1) is 20.7. The average Bonchev–Trinajstić information content (AvgIpc) is 2.66. The quantitative estimate of drug-likeness (QED) is 0.826. The molecule has 1 N–H and O–H groups in total. The molecule has 0 bridgehead atoms. The molecule has 1 heterocycles.